The standard InChI is InChI=1S/C20H30O4/c1-13(2)20(22)24-18-11-16-10-17(18)9-15(16)7-5-3-4-6-14-8-19(21)23-12-14/h14-18H,1,3-12H2,2H3. The second-order valence-corrected chi connectivity index (χ2v) is 8.10. The van der Waals surface area contributed by atoms with Crippen molar-refractivity contribution >= 4 is 11.9 Å². The normalized spacial score (nSPS) is 34.4. The predicted molar refractivity (Wildman–Crippen MR) is 91.2 cm³/mol. The minimum atomic E-state index is -0.224. The molecule has 2 saturated carbocycles. The van der Waals surface area contributed by atoms with Crippen LogP contribution in [-0.2, 0) is 19.1 Å². The van der Waals surface area contributed by atoms with Gasteiger partial charge >= 0.3 is 11.9 Å². The SMILES string of the molecule is C=C(C)C(=O)OC1CC2CC1CC2CCCCCC1COC(=O)C1. The Morgan fingerprint density at radius 2 is 1.96 bits per heavy atom. The van der Waals surface area contributed by atoms with Gasteiger partial charge in [-0.2, -0.15) is 0 Å². The average molecular weight is 334 g/mol. The molecule has 2 bridgehead atoms. The summed E-state index contributed by atoms with van der Waals surface area (Å²) in [5, 5.41) is 0. The van der Waals surface area contributed by atoms with Crippen LogP contribution in [-0.4, -0.2) is 24.6 Å². The van der Waals surface area contributed by atoms with E-state index in [1.165, 1.54) is 38.5 Å². The molecule has 0 amide bonds. The summed E-state index contributed by atoms with van der Waals surface area (Å²) in [6, 6.07) is 0. The van der Waals surface area contributed by atoms with Gasteiger partial charge in [-0.15, -0.1) is 0 Å². The van der Waals surface area contributed by atoms with Gasteiger partial charge in [0, 0.05) is 11.5 Å². The number of hydrogen-bond donors (Lipinski definition) is 0. The van der Waals surface area contributed by atoms with Crippen LogP contribution in [0.15, 0.2) is 12.2 Å². The van der Waals surface area contributed by atoms with E-state index in [1.54, 1.807) is 6.92 Å². The van der Waals surface area contributed by atoms with Gasteiger partial charge in [-0.3, -0.25) is 4.79 Å². The molecule has 2 aliphatic carbocycles. The highest BCUT2D eigenvalue weighted by atomic mass is 16.5. The van der Waals surface area contributed by atoms with Gasteiger partial charge in [0.25, 0.3) is 0 Å². The summed E-state index contributed by atoms with van der Waals surface area (Å²) < 4.78 is 10.6. The van der Waals surface area contributed by atoms with Crippen molar-refractivity contribution in [2.24, 2.45) is 23.7 Å². The Morgan fingerprint density at radius 1 is 1.17 bits per heavy atom. The van der Waals surface area contributed by atoms with Crippen LogP contribution in [0.2, 0.25) is 0 Å². The van der Waals surface area contributed by atoms with Gasteiger partial charge in [-0.1, -0.05) is 32.3 Å². The number of cyclic esters (lactones) is 1. The van der Waals surface area contributed by atoms with Crippen molar-refractivity contribution in [3.8, 4) is 0 Å². The molecular weight excluding hydrogens is 304 g/mol. The number of unbranched alkanes of at least 4 members (excludes halogenated alkanes) is 2. The molecule has 1 heterocycles. The first-order valence-corrected chi connectivity index (χ1v) is 9.55. The minimum absolute atomic E-state index is 0.0242. The molecule has 0 aromatic heterocycles. The first-order valence-electron chi connectivity index (χ1n) is 9.55. The summed E-state index contributed by atoms with van der Waals surface area (Å²) in [5.74, 6) is 2.36. The number of rotatable bonds is 8. The zero-order valence-corrected chi connectivity index (χ0v) is 14.8. The Hall–Kier alpha value is -1.32. The predicted octanol–water partition coefficient (Wildman–Crippen LogP) is 4.03. The third-order valence-corrected chi connectivity index (χ3v) is 6.17. The van der Waals surface area contributed by atoms with Crippen LogP contribution >= 0.6 is 0 Å². The van der Waals surface area contributed by atoms with Crippen LogP contribution in [0.25, 0.3) is 0 Å². The Kier molecular flexibility index (Phi) is 5.62. The molecule has 0 aromatic carbocycles. The average Bonchev–Trinajstić information content (AvgIpc) is 3.22. The van der Waals surface area contributed by atoms with Crippen LogP contribution in [0.4, 0.5) is 0 Å². The second-order valence-electron chi connectivity index (χ2n) is 8.10. The highest BCUT2D eigenvalue weighted by molar-refractivity contribution is 5.87. The zero-order valence-electron chi connectivity index (χ0n) is 14.8. The van der Waals surface area contributed by atoms with Crippen LogP contribution in [0.1, 0.15) is 64.7 Å². The summed E-state index contributed by atoms with van der Waals surface area (Å²) in [5.41, 5.74) is 0.503. The van der Waals surface area contributed by atoms with Crippen molar-refractivity contribution in [3.05, 3.63) is 12.2 Å². The van der Waals surface area contributed by atoms with Crippen LogP contribution in [0.3, 0.4) is 0 Å². The lowest BCUT2D eigenvalue weighted by Gasteiger charge is -2.28. The van der Waals surface area contributed by atoms with E-state index >= 15 is 0 Å². The third-order valence-electron chi connectivity index (χ3n) is 6.17. The maximum absolute atomic E-state index is 11.7. The van der Waals surface area contributed by atoms with Crippen LogP contribution in [0, 0.1) is 23.7 Å². The Bertz CT molecular complexity index is 498. The van der Waals surface area contributed by atoms with Crippen molar-refractivity contribution in [2.45, 2.75) is 70.8 Å². The van der Waals surface area contributed by atoms with Gasteiger partial charge < -0.3 is 9.47 Å². The number of carbonyl (C=O) groups is 2. The van der Waals surface area contributed by atoms with Crippen molar-refractivity contribution in [1.29, 1.82) is 0 Å². The summed E-state index contributed by atoms with van der Waals surface area (Å²) in [7, 11) is 0. The summed E-state index contributed by atoms with van der Waals surface area (Å²) in [4.78, 5) is 22.7. The van der Waals surface area contributed by atoms with Gasteiger partial charge in [0.2, 0.25) is 0 Å². The molecule has 5 unspecified atom stereocenters. The Labute approximate surface area is 145 Å². The summed E-state index contributed by atoms with van der Waals surface area (Å²) >= 11 is 0. The lowest BCUT2D eigenvalue weighted by atomic mass is 9.83. The van der Waals surface area contributed by atoms with E-state index < -0.39 is 0 Å². The van der Waals surface area contributed by atoms with Crippen molar-refractivity contribution in [1.82, 2.24) is 0 Å². The molecule has 0 aromatic rings. The molecule has 0 N–H and O–H groups in total. The minimum Gasteiger partial charge on any atom is -0.465 e. The molecule has 24 heavy (non-hydrogen) atoms. The van der Waals surface area contributed by atoms with E-state index in [9.17, 15) is 9.59 Å². The highest BCUT2D eigenvalue weighted by Gasteiger charge is 2.47. The monoisotopic (exact) mass is 334 g/mol. The number of esters is 2. The Morgan fingerprint density at radius 3 is 2.58 bits per heavy atom. The van der Waals surface area contributed by atoms with Gasteiger partial charge in [0.15, 0.2) is 0 Å². The van der Waals surface area contributed by atoms with E-state index in [-0.39, 0.29) is 18.0 Å². The van der Waals surface area contributed by atoms with Crippen LogP contribution < -0.4 is 0 Å². The third kappa shape index (κ3) is 4.20. The number of ether oxygens (including phenoxy) is 2. The lowest BCUT2D eigenvalue weighted by Crippen LogP contribution is -2.27. The van der Waals surface area contributed by atoms with Gasteiger partial charge in [0.05, 0.1) is 13.0 Å². The summed E-state index contributed by atoms with van der Waals surface area (Å²) in [6.07, 6.45) is 10.5. The second kappa shape index (κ2) is 7.71. The van der Waals surface area contributed by atoms with Crippen molar-refractivity contribution in [3.63, 3.8) is 0 Å². The van der Waals surface area contributed by atoms with Gasteiger partial charge in [-0.25, -0.2) is 4.79 Å². The van der Waals surface area contributed by atoms with E-state index in [0.29, 0.717) is 30.4 Å². The maximum Gasteiger partial charge on any atom is 0.333 e. The molecule has 4 nitrogen and oxygen atoms in total. The first kappa shape index (κ1) is 17.5. The first-order chi connectivity index (χ1) is 11.5. The molecule has 5 atom stereocenters. The molecule has 1 saturated heterocycles. The summed E-state index contributed by atoms with van der Waals surface area (Å²) in [6.45, 7) is 6.01. The molecule has 3 fully saturated rings. The fourth-order valence-corrected chi connectivity index (χ4v) is 4.84. The maximum atomic E-state index is 11.7. The number of hydrogen-bond acceptors (Lipinski definition) is 4. The molecule has 3 rings (SSSR count). The largest absolute Gasteiger partial charge is 0.465 e. The highest BCUT2D eigenvalue weighted by Crippen LogP contribution is 2.51. The van der Waals surface area contributed by atoms with Gasteiger partial charge in [-0.05, 0) is 50.4 Å². The van der Waals surface area contributed by atoms with E-state index in [2.05, 4.69) is 6.58 Å². The number of carbonyl (C=O) groups excluding carboxylic acids is 2. The van der Waals surface area contributed by atoms with Crippen LogP contribution in [0.5, 0.6) is 0 Å². The smallest absolute Gasteiger partial charge is 0.333 e. The zero-order chi connectivity index (χ0) is 17.1. The molecule has 3 aliphatic rings. The molecule has 0 spiro atoms. The quantitative estimate of drug-likeness (QED) is 0.382. The van der Waals surface area contributed by atoms with Gasteiger partial charge in [0.1, 0.15) is 6.10 Å². The molecule has 1 aliphatic heterocycles. The number of fused-ring (bicyclic) bond motifs is 2. The topological polar surface area (TPSA) is 52.6 Å². The lowest BCUT2D eigenvalue weighted by molar-refractivity contribution is -0.147. The molecular formula is C20H30O4. The Balaban J connectivity index is 1.28. The fourth-order valence-electron chi connectivity index (χ4n) is 4.84. The van der Waals surface area contributed by atoms with Crippen molar-refractivity contribution in [2.75, 3.05) is 6.61 Å². The molecule has 0 radical (unpaired) electrons. The van der Waals surface area contributed by atoms with E-state index in [0.717, 1.165) is 24.7 Å². The fraction of sp³-hybridized carbons (Fsp3) is 0.800. The molecule has 134 valence electrons. The van der Waals surface area contributed by atoms with E-state index in [1.807, 2.05) is 0 Å². The van der Waals surface area contributed by atoms with Crippen molar-refractivity contribution < 1.29 is 19.1 Å². The van der Waals surface area contributed by atoms with E-state index in [4.69, 9.17) is 9.47 Å². The molecule has 4 heteroatoms.